The second-order valence-corrected chi connectivity index (χ2v) is 7.57. The van der Waals surface area contributed by atoms with E-state index in [4.69, 9.17) is 5.73 Å². The number of nitrogens with zero attached hydrogens (tertiary/aromatic N) is 5. The van der Waals surface area contributed by atoms with E-state index in [0.29, 0.717) is 30.8 Å². The van der Waals surface area contributed by atoms with Gasteiger partial charge in [-0.1, -0.05) is 30.3 Å². The van der Waals surface area contributed by atoms with Gasteiger partial charge < -0.3 is 15.2 Å². The molecule has 4 rings (SSSR count). The van der Waals surface area contributed by atoms with Crippen molar-refractivity contribution >= 4 is 29.5 Å². The Morgan fingerprint density at radius 3 is 2.53 bits per heavy atom. The van der Waals surface area contributed by atoms with Gasteiger partial charge in [0.25, 0.3) is 5.56 Å². The third kappa shape index (κ3) is 3.54. The fraction of sp³-hybridized carbons (Fsp3) is 0.400. The Kier molecular flexibility index (Phi) is 6.14. The molecule has 10 heteroatoms. The standard InChI is InChI=1S/C20H24N6O3.ClH/c1-23-12-22-18-17(23)19(28)26(20(29)24(18)2)11-16(27)25-9-14(8-21)15(10-25)13-6-4-3-5-7-13;/h3-7,12,14-15H,8-11,21H2,1-2H3;1H/t14-,15+;/m1./s1. The lowest BCUT2D eigenvalue weighted by atomic mass is 9.89. The molecule has 3 heterocycles. The molecule has 0 bridgehead atoms. The Hall–Kier alpha value is -2.91. The normalized spacial score (nSPS) is 18.6. The van der Waals surface area contributed by atoms with Gasteiger partial charge in [0.2, 0.25) is 5.91 Å². The van der Waals surface area contributed by atoms with E-state index in [1.54, 1.807) is 23.6 Å². The van der Waals surface area contributed by atoms with Crippen molar-refractivity contribution in [3.8, 4) is 0 Å². The van der Waals surface area contributed by atoms with Crippen LogP contribution >= 0.6 is 12.4 Å². The van der Waals surface area contributed by atoms with Gasteiger partial charge in [-0.05, 0) is 18.0 Å². The van der Waals surface area contributed by atoms with E-state index in [-0.39, 0.29) is 36.7 Å². The van der Waals surface area contributed by atoms with Crippen molar-refractivity contribution in [2.24, 2.45) is 25.7 Å². The summed E-state index contributed by atoms with van der Waals surface area (Å²) < 4.78 is 3.84. The highest BCUT2D eigenvalue weighted by molar-refractivity contribution is 5.85. The highest BCUT2D eigenvalue weighted by Crippen LogP contribution is 2.32. The minimum atomic E-state index is -0.552. The molecule has 3 aromatic rings. The van der Waals surface area contributed by atoms with Gasteiger partial charge in [0, 0.05) is 33.1 Å². The predicted molar refractivity (Wildman–Crippen MR) is 116 cm³/mol. The fourth-order valence-electron chi connectivity index (χ4n) is 4.16. The van der Waals surface area contributed by atoms with Gasteiger partial charge in [0.1, 0.15) is 6.54 Å². The molecule has 2 aromatic heterocycles. The van der Waals surface area contributed by atoms with Crippen molar-refractivity contribution in [3.63, 3.8) is 0 Å². The van der Waals surface area contributed by atoms with Crippen LogP contribution in [0.2, 0.25) is 0 Å². The molecule has 1 aliphatic heterocycles. The van der Waals surface area contributed by atoms with E-state index in [1.165, 1.54) is 10.9 Å². The minimum absolute atomic E-state index is 0. The van der Waals surface area contributed by atoms with Gasteiger partial charge >= 0.3 is 5.69 Å². The van der Waals surface area contributed by atoms with Gasteiger partial charge in [-0.3, -0.25) is 14.2 Å². The largest absolute Gasteiger partial charge is 0.340 e. The maximum Gasteiger partial charge on any atom is 0.332 e. The minimum Gasteiger partial charge on any atom is -0.340 e. The fourth-order valence-corrected chi connectivity index (χ4v) is 4.16. The third-order valence-electron chi connectivity index (χ3n) is 5.82. The number of aryl methyl sites for hydroxylation is 2. The number of hydrogen-bond donors (Lipinski definition) is 1. The monoisotopic (exact) mass is 432 g/mol. The van der Waals surface area contributed by atoms with Crippen LogP contribution in [0.4, 0.5) is 0 Å². The Bertz CT molecular complexity index is 1180. The summed E-state index contributed by atoms with van der Waals surface area (Å²) in [4.78, 5) is 44.3. The Morgan fingerprint density at radius 1 is 1.17 bits per heavy atom. The molecular formula is C20H25ClN6O3. The van der Waals surface area contributed by atoms with Gasteiger partial charge in [0.15, 0.2) is 11.2 Å². The van der Waals surface area contributed by atoms with Crippen molar-refractivity contribution in [1.29, 1.82) is 0 Å². The summed E-state index contributed by atoms with van der Waals surface area (Å²) in [6.45, 7) is 1.20. The molecule has 1 aliphatic rings. The molecule has 9 nitrogen and oxygen atoms in total. The lowest BCUT2D eigenvalue weighted by Crippen LogP contribution is -2.44. The average molecular weight is 433 g/mol. The van der Waals surface area contributed by atoms with Gasteiger partial charge in [-0.2, -0.15) is 0 Å². The van der Waals surface area contributed by atoms with E-state index >= 15 is 0 Å². The second kappa shape index (κ2) is 8.45. The molecule has 0 spiro atoms. The summed E-state index contributed by atoms with van der Waals surface area (Å²) in [7, 11) is 3.23. The Balaban J connectivity index is 0.00000256. The topological polar surface area (TPSA) is 108 Å². The number of hydrogen-bond acceptors (Lipinski definition) is 5. The number of halogens is 1. The highest BCUT2D eigenvalue weighted by Gasteiger charge is 2.35. The molecule has 1 aromatic carbocycles. The van der Waals surface area contributed by atoms with Gasteiger partial charge in [0.05, 0.1) is 6.33 Å². The predicted octanol–water partition coefficient (Wildman–Crippen LogP) is 0.0564. The summed E-state index contributed by atoms with van der Waals surface area (Å²) in [6, 6.07) is 9.98. The lowest BCUT2D eigenvalue weighted by Gasteiger charge is -2.17. The van der Waals surface area contributed by atoms with Crippen LogP contribution in [0.15, 0.2) is 46.2 Å². The maximum absolute atomic E-state index is 13.0. The van der Waals surface area contributed by atoms with Crippen LogP contribution < -0.4 is 17.0 Å². The molecule has 2 atom stereocenters. The van der Waals surface area contributed by atoms with Crippen LogP contribution in [-0.4, -0.2) is 49.1 Å². The first-order chi connectivity index (χ1) is 13.9. The van der Waals surface area contributed by atoms with Crippen LogP contribution in [-0.2, 0) is 25.4 Å². The first-order valence-corrected chi connectivity index (χ1v) is 9.56. The number of benzene rings is 1. The number of amides is 1. The van der Waals surface area contributed by atoms with Crippen LogP contribution in [0.5, 0.6) is 0 Å². The van der Waals surface area contributed by atoms with Crippen molar-refractivity contribution in [3.05, 3.63) is 63.1 Å². The van der Waals surface area contributed by atoms with Crippen LogP contribution in [0.1, 0.15) is 11.5 Å². The average Bonchev–Trinajstić information content (AvgIpc) is 3.34. The molecule has 1 amide bonds. The molecule has 0 saturated carbocycles. The molecule has 0 unspecified atom stereocenters. The zero-order chi connectivity index (χ0) is 20.7. The van der Waals surface area contributed by atoms with E-state index in [2.05, 4.69) is 4.98 Å². The van der Waals surface area contributed by atoms with E-state index in [0.717, 1.165) is 10.1 Å². The first kappa shape index (κ1) is 21.8. The molecule has 1 fully saturated rings. The molecule has 0 aliphatic carbocycles. The molecule has 0 radical (unpaired) electrons. The van der Waals surface area contributed by atoms with E-state index in [9.17, 15) is 14.4 Å². The van der Waals surface area contributed by atoms with E-state index < -0.39 is 11.2 Å². The zero-order valence-electron chi connectivity index (χ0n) is 16.9. The molecule has 30 heavy (non-hydrogen) atoms. The van der Waals surface area contributed by atoms with Crippen molar-refractivity contribution in [1.82, 2.24) is 23.6 Å². The Labute approximate surface area is 179 Å². The molecule has 1 saturated heterocycles. The smallest absolute Gasteiger partial charge is 0.332 e. The molecule has 160 valence electrons. The van der Waals surface area contributed by atoms with Crippen LogP contribution in [0.3, 0.4) is 0 Å². The highest BCUT2D eigenvalue weighted by atomic mass is 35.5. The molecule has 2 N–H and O–H groups in total. The van der Waals surface area contributed by atoms with Crippen molar-refractivity contribution < 1.29 is 4.79 Å². The van der Waals surface area contributed by atoms with Crippen molar-refractivity contribution in [2.45, 2.75) is 12.5 Å². The summed E-state index contributed by atoms with van der Waals surface area (Å²) in [5.74, 6) is 0.0207. The summed E-state index contributed by atoms with van der Waals surface area (Å²) >= 11 is 0. The maximum atomic E-state index is 13.0. The zero-order valence-corrected chi connectivity index (χ0v) is 17.7. The number of imidazole rings is 1. The SMILES string of the molecule is Cl.Cn1cnc2c1c(=O)n(CC(=O)N1C[C@@H](CN)[C@H](c3ccccc3)C1)c(=O)n2C. The number of rotatable bonds is 4. The summed E-state index contributed by atoms with van der Waals surface area (Å²) in [6.07, 6.45) is 1.48. The van der Waals surface area contributed by atoms with Crippen LogP contribution in [0.25, 0.3) is 11.2 Å². The van der Waals surface area contributed by atoms with E-state index in [1.807, 2.05) is 30.3 Å². The number of aromatic nitrogens is 4. The number of carbonyl (C=O) groups excluding carboxylic acids is 1. The number of likely N-dealkylation sites (tertiary alicyclic amines) is 1. The van der Waals surface area contributed by atoms with Crippen LogP contribution in [0, 0.1) is 5.92 Å². The number of carbonyl (C=O) groups is 1. The quantitative estimate of drug-likeness (QED) is 0.627. The van der Waals surface area contributed by atoms with Crippen molar-refractivity contribution in [2.75, 3.05) is 19.6 Å². The first-order valence-electron chi connectivity index (χ1n) is 9.56. The summed E-state index contributed by atoms with van der Waals surface area (Å²) in [5, 5.41) is 0. The van der Waals surface area contributed by atoms with Gasteiger partial charge in [-0.15, -0.1) is 12.4 Å². The lowest BCUT2D eigenvalue weighted by molar-refractivity contribution is -0.131. The number of fused-ring (bicyclic) bond motifs is 1. The third-order valence-corrected chi connectivity index (χ3v) is 5.82. The number of nitrogens with two attached hydrogens (primary N) is 1. The molecular weight excluding hydrogens is 408 g/mol. The Morgan fingerprint density at radius 2 is 1.87 bits per heavy atom. The second-order valence-electron chi connectivity index (χ2n) is 7.57. The summed E-state index contributed by atoms with van der Waals surface area (Å²) in [5.41, 5.74) is 6.64. The van der Waals surface area contributed by atoms with Gasteiger partial charge in [-0.25, -0.2) is 14.3 Å².